The number of rotatable bonds is 4. The van der Waals surface area contributed by atoms with Crippen LogP contribution in [0.2, 0.25) is 0 Å². The van der Waals surface area contributed by atoms with Gasteiger partial charge in [-0.1, -0.05) is 0 Å². The summed E-state index contributed by atoms with van der Waals surface area (Å²) in [6.45, 7) is 6.18. The lowest BCUT2D eigenvalue weighted by molar-refractivity contribution is 0.0963. The fourth-order valence-corrected chi connectivity index (χ4v) is 4.04. The smallest absolute Gasteiger partial charge is 0.283 e. The summed E-state index contributed by atoms with van der Waals surface area (Å²) >= 11 is 1.77. The molecule has 0 fully saturated rings. The molecule has 3 rings (SSSR count). The Morgan fingerprint density at radius 2 is 1.90 bits per heavy atom. The van der Waals surface area contributed by atoms with Gasteiger partial charge in [-0.25, -0.2) is 9.55 Å². The first kappa shape index (κ1) is 21.3. The topological polar surface area (TPSA) is 96.3 Å². The Bertz CT molecular complexity index is 1000. The van der Waals surface area contributed by atoms with Crippen molar-refractivity contribution in [1.82, 2.24) is 19.8 Å². The highest BCUT2D eigenvalue weighted by atomic mass is 127. The fourth-order valence-electron chi connectivity index (χ4n) is 3.39. The summed E-state index contributed by atoms with van der Waals surface area (Å²) in [6.07, 6.45) is 0.453. The lowest BCUT2D eigenvalue weighted by Crippen LogP contribution is -2.44. The minimum Gasteiger partial charge on any atom is -0.355 e. The molecule has 1 aromatic heterocycles. The van der Waals surface area contributed by atoms with Crippen molar-refractivity contribution in [3.8, 4) is 5.69 Å². The molecule has 2 amide bonds. The SMILES string of the molecule is CNC(=O)c1ccc(-n2c(NC(C)C)nc3c(c2=O)C[C@@H](C)N(C(=O)I)C3)cc1. The molecule has 2 N–H and O–H groups in total. The first-order valence-electron chi connectivity index (χ1n) is 9.42. The van der Waals surface area contributed by atoms with E-state index in [0.717, 1.165) is 0 Å². The Balaban J connectivity index is 2.14. The van der Waals surface area contributed by atoms with Gasteiger partial charge >= 0.3 is 0 Å². The lowest BCUT2D eigenvalue weighted by Gasteiger charge is -2.33. The van der Waals surface area contributed by atoms with E-state index in [1.54, 1.807) is 63.4 Å². The van der Waals surface area contributed by atoms with Gasteiger partial charge in [-0.3, -0.25) is 14.4 Å². The molecule has 29 heavy (non-hydrogen) atoms. The Kier molecular flexibility index (Phi) is 6.25. The molecule has 0 bridgehead atoms. The molecule has 9 heteroatoms. The van der Waals surface area contributed by atoms with E-state index in [0.29, 0.717) is 41.4 Å². The van der Waals surface area contributed by atoms with Crippen LogP contribution in [0.5, 0.6) is 0 Å². The zero-order valence-corrected chi connectivity index (χ0v) is 19.0. The lowest BCUT2D eigenvalue weighted by atomic mass is 10.0. The number of nitrogens with one attached hydrogen (secondary N) is 2. The first-order valence-corrected chi connectivity index (χ1v) is 10.5. The third-order valence-electron chi connectivity index (χ3n) is 4.87. The normalized spacial score (nSPS) is 15.8. The average molecular weight is 509 g/mol. The van der Waals surface area contributed by atoms with Crippen molar-refractivity contribution >= 4 is 38.4 Å². The summed E-state index contributed by atoms with van der Waals surface area (Å²) < 4.78 is 1.48. The van der Waals surface area contributed by atoms with Gasteiger partial charge < -0.3 is 15.5 Å². The molecule has 154 valence electrons. The molecule has 1 aliphatic heterocycles. The maximum Gasteiger partial charge on any atom is 0.283 e. The number of nitrogens with zero attached hydrogens (tertiary/aromatic N) is 3. The Morgan fingerprint density at radius 3 is 2.45 bits per heavy atom. The Hall–Kier alpha value is -2.43. The van der Waals surface area contributed by atoms with E-state index in [-0.39, 0.29) is 27.5 Å². The minimum absolute atomic E-state index is 0.0566. The summed E-state index contributed by atoms with van der Waals surface area (Å²) in [7, 11) is 1.57. The third-order valence-corrected chi connectivity index (χ3v) is 5.49. The van der Waals surface area contributed by atoms with Crippen LogP contribution in [0.3, 0.4) is 0 Å². The van der Waals surface area contributed by atoms with Crippen LogP contribution in [0.1, 0.15) is 42.4 Å². The monoisotopic (exact) mass is 509 g/mol. The second-order valence-corrected chi connectivity index (χ2v) is 8.28. The summed E-state index contributed by atoms with van der Waals surface area (Å²) in [5, 5.41) is 5.82. The highest BCUT2D eigenvalue weighted by Crippen LogP contribution is 2.24. The molecule has 0 radical (unpaired) electrons. The van der Waals surface area contributed by atoms with Crippen molar-refractivity contribution in [2.75, 3.05) is 12.4 Å². The van der Waals surface area contributed by atoms with Crippen molar-refractivity contribution in [2.45, 2.75) is 45.8 Å². The van der Waals surface area contributed by atoms with Crippen molar-refractivity contribution in [3.05, 3.63) is 51.4 Å². The summed E-state index contributed by atoms with van der Waals surface area (Å²) in [5.74, 6) is 0.234. The van der Waals surface area contributed by atoms with Gasteiger partial charge in [-0.15, -0.1) is 0 Å². The molecular weight excluding hydrogens is 485 g/mol. The number of carbonyl (C=O) groups excluding carboxylic acids is 2. The zero-order valence-electron chi connectivity index (χ0n) is 16.8. The first-order chi connectivity index (χ1) is 13.7. The van der Waals surface area contributed by atoms with E-state index in [2.05, 4.69) is 10.6 Å². The van der Waals surface area contributed by atoms with E-state index in [1.165, 1.54) is 0 Å². The summed E-state index contributed by atoms with van der Waals surface area (Å²) in [4.78, 5) is 43.6. The highest BCUT2D eigenvalue weighted by molar-refractivity contribution is 14.1. The highest BCUT2D eigenvalue weighted by Gasteiger charge is 2.30. The number of hydrogen-bond acceptors (Lipinski definition) is 5. The van der Waals surface area contributed by atoms with Gasteiger partial charge in [0.2, 0.25) is 5.95 Å². The maximum atomic E-state index is 13.4. The number of carbonyl (C=O) groups is 2. The van der Waals surface area contributed by atoms with Gasteiger partial charge in [-0.2, -0.15) is 0 Å². The number of anilines is 1. The molecule has 8 nitrogen and oxygen atoms in total. The minimum atomic E-state index is -0.189. The number of aromatic nitrogens is 2. The molecule has 0 aliphatic carbocycles. The van der Waals surface area contributed by atoms with Gasteiger partial charge in [0.25, 0.3) is 15.4 Å². The fraction of sp³-hybridized carbons (Fsp3) is 0.400. The van der Waals surface area contributed by atoms with Crippen molar-refractivity contribution in [2.24, 2.45) is 0 Å². The van der Waals surface area contributed by atoms with Crippen molar-refractivity contribution in [3.63, 3.8) is 0 Å². The van der Waals surface area contributed by atoms with Crippen LogP contribution in [0, 0.1) is 0 Å². The van der Waals surface area contributed by atoms with Crippen molar-refractivity contribution < 1.29 is 9.59 Å². The largest absolute Gasteiger partial charge is 0.355 e. The molecule has 2 aromatic rings. The van der Waals surface area contributed by atoms with Gasteiger partial charge in [0.15, 0.2) is 0 Å². The molecule has 1 atom stereocenters. The van der Waals surface area contributed by atoms with E-state index in [1.807, 2.05) is 20.8 Å². The standard InChI is InChI=1S/C20H24IN5O3/c1-11(2)23-20-24-16-10-25(19(21)29)12(3)9-15(16)18(28)26(20)14-7-5-13(6-8-14)17(27)22-4/h5-8,11-12H,9-10H2,1-4H3,(H,22,27)(H,23,24)/t12-/m1/s1. The van der Waals surface area contributed by atoms with Crippen LogP contribution in [0.25, 0.3) is 5.69 Å². The molecule has 2 heterocycles. The van der Waals surface area contributed by atoms with Crippen LogP contribution in [-0.2, 0) is 13.0 Å². The number of hydrogen-bond donors (Lipinski definition) is 2. The Morgan fingerprint density at radius 1 is 1.24 bits per heavy atom. The molecule has 1 aromatic carbocycles. The van der Waals surface area contributed by atoms with E-state index in [4.69, 9.17) is 4.98 Å². The molecule has 1 aliphatic rings. The zero-order chi connectivity index (χ0) is 21.3. The van der Waals surface area contributed by atoms with Crippen LogP contribution < -0.4 is 16.2 Å². The van der Waals surface area contributed by atoms with Crippen LogP contribution in [-0.4, -0.2) is 43.4 Å². The second-order valence-electron chi connectivity index (χ2n) is 7.36. The van der Waals surface area contributed by atoms with Gasteiger partial charge in [-0.05, 0) is 51.5 Å². The predicted octanol–water partition coefficient (Wildman–Crippen LogP) is 2.71. The van der Waals surface area contributed by atoms with Crippen LogP contribution >= 0.6 is 22.6 Å². The molecule has 0 spiro atoms. The van der Waals surface area contributed by atoms with Gasteiger partial charge in [0.1, 0.15) is 0 Å². The molecule has 0 unspecified atom stereocenters. The van der Waals surface area contributed by atoms with Crippen molar-refractivity contribution in [1.29, 1.82) is 0 Å². The summed E-state index contributed by atoms with van der Waals surface area (Å²) in [5.41, 5.74) is 2.23. The van der Waals surface area contributed by atoms with Gasteiger partial charge in [0.05, 0.1) is 17.9 Å². The number of benzene rings is 1. The average Bonchev–Trinajstić information content (AvgIpc) is 2.67. The Labute approximate surface area is 182 Å². The van der Waals surface area contributed by atoms with Gasteiger partial charge in [0, 0.05) is 52.8 Å². The number of amides is 2. The van der Waals surface area contributed by atoms with Crippen LogP contribution in [0.4, 0.5) is 10.7 Å². The third kappa shape index (κ3) is 4.29. The number of fused-ring (bicyclic) bond motifs is 1. The number of halogens is 1. The quantitative estimate of drug-likeness (QED) is 0.376. The van der Waals surface area contributed by atoms with E-state index < -0.39 is 0 Å². The summed E-state index contributed by atoms with van der Waals surface area (Å²) in [6, 6.07) is 6.81. The van der Waals surface area contributed by atoms with E-state index in [9.17, 15) is 14.4 Å². The maximum absolute atomic E-state index is 13.4. The molecule has 0 saturated heterocycles. The molecule has 0 saturated carbocycles. The predicted molar refractivity (Wildman–Crippen MR) is 120 cm³/mol. The molecular formula is C20H24IN5O3. The second kappa shape index (κ2) is 8.52. The van der Waals surface area contributed by atoms with Crippen LogP contribution in [0.15, 0.2) is 29.1 Å². The van der Waals surface area contributed by atoms with E-state index >= 15 is 0 Å².